The molecule has 2 N–H and O–H groups in total. The van der Waals surface area contributed by atoms with Crippen LogP contribution in [0.25, 0.3) is 16.8 Å². The number of nitrogens with one attached hydrogen (secondary N) is 2. The van der Waals surface area contributed by atoms with Gasteiger partial charge in [-0.2, -0.15) is 0 Å². The molecule has 9 nitrogen and oxygen atoms in total. The SMILES string of the molecule is Cc1nc(NCCNC(=O)c2cc(=O)c3ccccc3o2)cc(-n2ccnc2C)n1. The van der Waals surface area contributed by atoms with E-state index in [-0.39, 0.29) is 11.2 Å². The number of hydrogen-bond acceptors (Lipinski definition) is 7. The van der Waals surface area contributed by atoms with Crippen LogP contribution < -0.4 is 16.1 Å². The molecule has 152 valence electrons. The van der Waals surface area contributed by atoms with Gasteiger partial charge in [0.2, 0.25) is 0 Å². The lowest BCUT2D eigenvalue weighted by Gasteiger charge is -2.10. The zero-order chi connectivity index (χ0) is 21.1. The molecule has 0 saturated heterocycles. The summed E-state index contributed by atoms with van der Waals surface area (Å²) in [6.07, 6.45) is 3.54. The first kappa shape index (κ1) is 19.3. The molecule has 0 atom stereocenters. The predicted octanol–water partition coefficient (Wildman–Crippen LogP) is 2.23. The lowest BCUT2D eigenvalue weighted by Crippen LogP contribution is -2.29. The number of hydrogen-bond donors (Lipinski definition) is 2. The lowest BCUT2D eigenvalue weighted by molar-refractivity contribution is 0.0928. The van der Waals surface area contributed by atoms with Crippen LogP contribution in [0.15, 0.2) is 58.0 Å². The van der Waals surface area contributed by atoms with Gasteiger partial charge in [0.05, 0.1) is 5.39 Å². The van der Waals surface area contributed by atoms with Crippen molar-refractivity contribution in [1.82, 2.24) is 24.8 Å². The standard InChI is InChI=1S/C21H20N6O3/c1-13-25-19(12-20(26-13)27-10-9-22-14(27)2)23-7-8-24-21(29)18-11-16(28)15-5-3-4-6-17(15)30-18/h3-6,9-12H,7-8H2,1-2H3,(H,24,29)(H,23,25,26). The fourth-order valence-corrected chi connectivity index (χ4v) is 3.06. The number of aromatic nitrogens is 4. The topological polar surface area (TPSA) is 115 Å². The van der Waals surface area contributed by atoms with E-state index in [9.17, 15) is 9.59 Å². The number of benzene rings is 1. The Morgan fingerprint density at radius 2 is 1.97 bits per heavy atom. The van der Waals surface area contributed by atoms with E-state index in [2.05, 4.69) is 25.6 Å². The molecule has 0 fully saturated rings. The zero-order valence-corrected chi connectivity index (χ0v) is 16.5. The van der Waals surface area contributed by atoms with Crippen molar-refractivity contribution in [3.8, 4) is 5.82 Å². The van der Waals surface area contributed by atoms with Crippen LogP contribution in [-0.4, -0.2) is 38.5 Å². The second kappa shape index (κ2) is 8.16. The summed E-state index contributed by atoms with van der Waals surface area (Å²) in [7, 11) is 0. The molecule has 4 aromatic rings. The van der Waals surface area contributed by atoms with E-state index >= 15 is 0 Å². The Kier molecular flexibility index (Phi) is 5.25. The highest BCUT2D eigenvalue weighted by molar-refractivity contribution is 5.93. The maximum absolute atomic E-state index is 12.3. The highest BCUT2D eigenvalue weighted by atomic mass is 16.3. The Hall–Kier alpha value is -4.01. The molecular formula is C21H20N6O3. The van der Waals surface area contributed by atoms with Crippen LogP contribution in [0.2, 0.25) is 0 Å². The summed E-state index contributed by atoms with van der Waals surface area (Å²) in [4.78, 5) is 37.5. The molecule has 0 aliphatic carbocycles. The van der Waals surface area contributed by atoms with Gasteiger partial charge in [-0.3, -0.25) is 14.2 Å². The third kappa shape index (κ3) is 4.04. The van der Waals surface area contributed by atoms with Crippen molar-refractivity contribution in [2.24, 2.45) is 0 Å². The van der Waals surface area contributed by atoms with Crippen LogP contribution in [0, 0.1) is 13.8 Å². The Bertz CT molecular complexity index is 1280. The third-order valence-electron chi connectivity index (χ3n) is 4.47. The van der Waals surface area contributed by atoms with Crippen LogP contribution in [-0.2, 0) is 0 Å². The predicted molar refractivity (Wildman–Crippen MR) is 112 cm³/mol. The van der Waals surface area contributed by atoms with Crippen LogP contribution in [0.1, 0.15) is 22.2 Å². The number of rotatable bonds is 6. The molecule has 0 spiro atoms. The molecule has 0 saturated carbocycles. The van der Waals surface area contributed by atoms with E-state index in [4.69, 9.17) is 4.42 Å². The number of para-hydroxylation sites is 1. The van der Waals surface area contributed by atoms with Crippen molar-refractivity contribution in [1.29, 1.82) is 0 Å². The monoisotopic (exact) mass is 404 g/mol. The maximum atomic E-state index is 12.3. The summed E-state index contributed by atoms with van der Waals surface area (Å²) < 4.78 is 7.41. The minimum atomic E-state index is -0.451. The van der Waals surface area contributed by atoms with E-state index < -0.39 is 5.91 Å². The van der Waals surface area contributed by atoms with Crippen LogP contribution >= 0.6 is 0 Å². The van der Waals surface area contributed by atoms with Gasteiger partial charge in [0.15, 0.2) is 11.2 Å². The van der Waals surface area contributed by atoms with Crippen molar-refractivity contribution in [3.63, 3.8) is 0 Å². The molecule has 3 aromatic heterocycles. The molecule has 0 bridgehead atoms. The molecule has 0 aliphatic rings. The van der Waals surface area contributed by atoms with Gasteiger partial charge in [0.25, 0.3) is 5.91 Å². The summed E-state index contributed by atoms with van der Waals surface area (Å²) >= 11 is 0. The van der Waals surface area contributed by atoms with Gasteiger partial charge in [-0.15, -0.1) is 0 Å². The van der Waals surface area contributed by atoms with E-state index in [1.165, 1.54) is 6.07 Å². The van der Waals surface area contributed by atoms with Gasteiger partial charge in [0, 0.05) is 37.6 Å². The fraction of sp³-hybridized carbons (Fsp3) is 0.190. The Labute approximate surface area is 171 Å². The first-order valence-electron chi connectivity index (χ1n) is 9.42. The normalized spacial score (nSPS) is 10.9. The fourth-order valence-electron chi connectivity index (χ4n) is 3.06. The molecule has 0 unspecified atom stereocenters. The van der Waals surface area contributed by atoms with Gasteiger partial charge in [0.1, 0.15) is 28.9 Å². The highest BCUT2D eigenvalue weighted by Gasteiger charge is 2.12. The molecule has 30 heavy (non-hydrogen) atoms. The third-order valence-corrected chi connectivity index (χ3v) is 4.47. The first-order chi connectivity index (χ1) is 14.5. The van der Waals surface area contributed by atoms with Crippen LogP contribution in [0.4, 0.5) is 5.82 Å². The number of anilines is 1. The number of aryl methyl sites for hydroxylation is 2. The summed E-state index contributed by atoms with van der Waals surface area (Å²) in [5.74, 6) is 2.31. The van der Waals surface area contributed by atoms with Crippen molar-refractivity contribution in [3.05, 3.63) is 76.4 Å². The van der Waals surface area contributed by atoms with Gasteiger partial charge >= 0.3 is 0 Å². The highest BCUT2D eigenvalue weighted by Crippen LogP contribution is 2.13. The zero-order valence-electron chi connectivity index (χ0n) is 16.5. The molecule has 0 radical (unpaired) electrons. The number of carbonyl (C=O) groups is 1. The number of nitrogens with zero attached hydrogens (tertiary/aromatic N) is 4. The molecule has 1 amide bonds. The Morgan fingerprint density at radius 1 is 1.13 bits per heavy atom. The molecule has 0 aliphatic heterocycles. The molecular weight excluding hydrogens is 384 g/mol. The largest absolute Gasteiger partial charge is 0.451 e. The van der Waals surface area contributed by atoms with Gasteiger partial charge in [-0.25, -0.2) is 15.0 Å². The van der Waals surface area contributed by atoms with Crippen molar-refractivity contribution >= 4 is 22.7 Å². The number of fused-ring (bicyclic) bond motifs is 1. The number of amides is 1. The smallest absolute Gasteiger partial charge is 0.287 e. The van der Waals surface area contributed by atoms with E-state index in [0.29, 0.717) is 41.5 Å². The summed E-state index contributed by atoms with van der Waals surface area (Å²) in [5.41, 5.74) is 0.131. The summed E-state index contributed by atoms with van der Waals surface area (Å²) in [6, 6.07) is 9.84. The van der Waals surface area contributed by atoms with Gasteiger partial charge in [-0.1, -0.05) is 12.1 Å². The van der Waals surface area contributed by atoms with Crippen molar-refractivity contribution < 1.29 is 9.21 Å². The van der Waals surface area contributed by atoms with E-state index in [1.807, 2.05) is 30.7 Å². The lowest BCUT2D eigenvalue weighted by atomic mass is 10.2. The molecule has 4 rings (SSSR count). The number of carbonyl (C=O) groups excluding carboxylic acids is 1. The molecule has 3 heterocycles. The average Bonchev–Trinajstić information content (AvgIpc) is 3.16. The van der Waals surface area contributed by atoms with Crippen LogP contribution in [0.3, 0.4) is 0 Å². The number of imidazole rings is 1. The Balaban J connectivity index is 1.38. The van der Waals surface area contributed by atoms with E-state index in [1.54, 1.807) is 30.5 Å². The summed E-state index contributed by atoms with van der Waals surface area (Å²) in [5, 5.41) is 6.34. The van der Waals surface area contributed by atoms with Gasteiger partial charge in [-0.05, 0) is 26.0 Å². The van der Waals surface area contributed by atoms with Crippen LogP contribution in [0.5, 0.6) is 0 Å². The van der Waals surface area contributed by atoms with Crippen molar-refractivity contribution in [2.45, 2.75) is 13.8 Å². The minimum Gasteiger partial charge on any atom is -0.451 e. The average molecular weight is 404 g/mol. The first-order valence-corrected chi connectivity index (χ1v) is 9.42. The van der Waals surface area contributed by atoms with Crippen molar-refractivity contribution in [2.75, 3.05) is 18.4 Å². The molecule has 9 heteroatoms. The summed E-state index contributed by atoms with van der Waals surface area (Å²) in [6.45, 7) is 4.45. The second-order valence-electron chi connectivity index (χ2n) is 6.66. The van der Waals surface area contributed by atoms with E-state index in [0.717, 1.165) is 5.82 Å². The quantitative estimate of drug-likeness (QED) is 0.474. The minimum absolute atomic E-state index is 0.0190. The second-order valence-corrected chi connectivity index (χ2v) is 6.66. The molecule has 1 aromatic carbocycles. The van der Waals surface area contributed by atoms with Gasteiger partial charge < -0.3 is 15.1 Å². The Morgan fingerprint density at radius 3 is 2.77 bits per heavy atom. The maximum Gasteiger partial charge on any atom is 0.287 e.